The summed E-state index contributed by atoms with van der Waals surface area (Å²) in [4.78, 5) is 20.3. The summed E-state index contributed by atoms with van der Waals surface area (Å²) in [5.74, 6) is -0.105. The summed E-state index contributed by atoms with van der Waals surface area (Å²) in [6, 6.07) is 15.7. The molecule has 3 rings (SSSR count). The van der Waals surface area contributed by atoms with Gasteiger partial charge in [-0.25, -0.2) is 0 Å². The van der Waals surface area contributed by atoms with Gasteiger partial charge in [0.15, 0.2) is 0 Å². The van der Waals surface area contributed by atoms with Crippen LogP contribution in [0.1, 0.15) is 20.9 Å². The van der Waals surface area contributed by atoms with Crippen molar-refractivity contribution in [1.29, 1.82) is 0 Å². The second kappa shape index (κ2) is 8.05. The van der Waals surface area contributed by atoms with E-state index in [9.17, 15) is 9.90 Å². The van der Waals surface area contributed by atoms with Gasteiger partial charge in [-0.1, -0.05) is 36.4 Å². The highest BCUT2D eigenvalue weighted by molar-refractivity contribution is 7.09. The van der Waals surface area contributed by atoms with Gasteiger partial charge < -0.3 is 10.0 Å². The number of pyridine rings is 1. The van der Waals surface area contributed by atoms with Crippen LogP contribution in [-0.2, 0) is 6.54 Å². The number of aromatic nitrogens is 1. The Bertz CT molecular complexity index is 832. The van der Waals surface area contributed by atoms with Gasteiger partial charge in [0.2, 0.25) is 0 Å². The number of rotatable bonds is 6. The molecule has 0 fully saturated rings. The molecular weight excluding hydrogens is 332 g/mol. The third-order valence-corrected chi connectivity index (χ3v) is 4.88. The van der Waals surface area contributed by atoms with E-state index in [1.807, 2.05) is 60.8 Å². The van der Waals surface area contributed by atoms with Gasteiger partial charge in [0.25, 0.3) is 5.91 Å². The molecule has 2 aromatic heterocycles. The Morgan fingerprint density at radius 2 is 1.96 bits per heavy atom. The normalized spacial score (nSPS) is 10.6. The predicted molar refractivity (Wildman–Crippen MR) is 101 cm³/mol. The van der Waals surface area contributed by atoms with Crippen LogP contribution in [0.15, 0.2) is 60.1 Å². The lowest BCUT2D eigenvalue weighted by Gasteiger charge is -2.23. The molecule has 0 saturated heterocycles. The van der Waals surface area contributed by atoms with E-state index in [2.05, 4.69) is 4.98 Å². The van der Waals surface area contributed by atoms with Crippen LogP contribution >= 0.6 is 11.3 Å². The number of aliphatic hydroxyl groups excluding tert-OH is 1. The van der Waals surface area contributed by atoms with Crippen molar-refractivity contribution in [3.63, 3.8) is 0 Å². The Morgan fingerprint density at radius 3 is 2.64 bits per heavy atom. The summed E-state index contributed by atoms with van der Waals surface area (Å²) in [6.45, 7) is 2.55. The molecule has 0 atom stereocenters. The van der Waals surface area contributed by atoms with Crippen LogP contribution in [0.25, 0.3) is 11.1 Å². The van der Waals surface area contributed by atoms with Gasteiger partial charge in [-0.2, -0.15) is 0 Å². The lowest BCUT2D eigenvalue weighted by molar-refractivity contribution is 0.0709. The zero-order valence-corrected chi connectivity index (χ0v) is 14.9. The number of carbonyl (C=O) groups excluding carboxylic acids is 1. The minimum atomic E-state index is -0.105. The molecule has 0 unspecified atom stereocenters. The number of aryl methyl sites for hydroxylation is 1. The fraction of sp³-hybridized carbons (Fsp3) is 0.200. The summed E-state index contributed by atoms with van der Waals surface area (Å²) < 4.78 is 0. The van der Waals surface area contributed by atoms with Crippen molar-refractivity contribution in [3.8, 4) is 11.1 Å². The van der Waals surface area contributed by atoms with E-state index in [1.54, 1.807) is 22.4 Å². The number of benzene rings is 1. The van der Waals surface area contributed by atoms with Gasteiger partial charge in [0, 0.05) is 17.6 Å². The fourth-order valence-corrected chi connectivity index (χ4v) is 3.54. The summed E-state index contributed by atoms with van der Waals surface area (Å²) >= 11 is 1.60. The van der Waals surface area contributed by atoms with Gasteiger partial charge in [0.05, 0.1) is 24.4 Å². The van der Waals surface area contributed by atoms with Crippen LogP contribution in [0.2, 0.25) is 0 Å². The number of hydrogen-bond donors (Lipinski definition) is 1. The van der Waals surface area contributed by atoms with E-state index in [0.717, 1.165) is 16.0 Å². The quantitative estimate of drug-likeness (QED) is 0.735. The molecule has 0 aliphatic rings. The highest BCUT2D eigenvalue weighted by atomic mass is 32.1. The van der Waals surface area contributed by atoms with Crippen molar-refractivity contribution >= 4 is 17.2 Å². The molecule has 0 radical (unpaired) electrons. The zero-order chi connectivity index (χ0) is 17.6. The lowest BCUT2D eigenvalue weighted by Crippen LogP contribution is -2.33. The first-order valence-electron chi connectivity index (χ1n) is 8.14. The molecule has 1 N–H and O–H groups in total. The number of hydrogen-bond acceptors (Lipinski definition) is 4. The zero-order valence-electron chi connectivity index (χ0n) is 14.1. The maximum atomic E-state index is 13.3. The molecule has 0 bridgehead atoms. The van der Waals surface area contributed by atoms with Crippen molar-refractivity contribution in [2.75, 3.05) is 13.2 Å². The van der Waals surface area contributed by atoms with Crippen LogP contribution in [0.3, 0.4) is 0 Å². The average Bonchev–Trinajstić information content (AvgIpc) is 3.14. The predicted octanol–water partition coefficient (Wildman–Crippen LogP) is 3.75. The third kappa shape index (κ3) is 3.95. The fourth-order valence-electron chi connectivity index (χ4n) is 2.82. The maximum absolute atomic E-state index is 13.3. The molecule has 2 heterocycles. The highest BCUT2D eigenvalue weighted by Crippen LogP contribution is 2.27. The molecule has 1 aromatic carbocycles. The Kier molecular flexibility index (Phi) is 5.58. The van der Waals surface area contributed by atoms with Gasteiger partial charge in [-0.15, -0.1) is 11.3 Å². The summed E-state index contributed by atoms with van der Waals surface area (Å²) in [5.41, 5.74) is 3.14. The van der Waals surface area contributed by atoms with E-state index >= 15 is 0 Å². The van der Waals surface area contributed by atoms with Gasteiger partial charge >= 0.3 is 0 Å². The second-order valence-corrected chi connectivity index (χ2v) is 6.75. The van der Waals surface area contributed by atoms with E-state index < -0.39 is 0 Å². The lowest BCUT2D eigenvalue weighted by atomic mass is 9.98. The minimum absolute atomic E-state index is 0.0723. The summed E-state index contributed by atoms with van der Waals surface area (Å²) in [5, 5.41) is 11.4. The SMILES string of the molecule is Cc1nccc(-c2ccccc2)c1C(=O)N(CCO)Cc1cccs1. The Hall–Kier alpha value is -2.50. The van der Waals surface area contributed by atoms with Crippen molar-refractivity contribution in [2.45, 2.75) is 13.5 Å². The monoisotopic (exact) mass is 352 g/mol. The Balaban J connectivity index is 2.00. The molecule has 0 aliphatic heterocycles. The second-order valence-electron chi connectivity index (χ2n) is 5.71. The number of amides is 1. The third-order valence-electron chi connectivity index (χ3n) is 4.02. The molecule has 1 amide bonds. The smallest absolute Gasteiger partial charge is 0.256 e. The number of thiophene rings is 1. The number of aliphatic hydroxyl groups is 1. The van der Waals surface area contributed by atoms with Gasteiger partial charge in [-0.05, 0) is 35.6 Å². The van der Waals surface area contributed by atoms with E-state index in [-0.39, 0.29) is 12.5 Å². The van der Waals surface area contributed by atoms with Crippen LogP contribution in [-0.4, -0.2) is 34.0 Å². The summed E-state index contributed by atoms with van der Waals surface area (Å²) in [6.07, 6.45) is 1.73. The first-order chi connectivity index (χ1) is 12.2. The van der Waals surface area contributed by atoms with Crippen LogP contribution in [0.4, 0.5) is 0 Å². The largest absolute Gasteiger partial charge is 0.395 e. The molecular formula is C20H20N2O2S. The molecule has 4 nitrogen and oxygen atoms in total. The first kappa shape index (κ1) is 17.3. The van der Waals surface area contributed by atoms with Crippen molar-refractivity contribution < 1.29 is 9.90 Å². The molecule has 128 valence electrons. The van der Waals surface area contributed by atoms with Crippen LogP contribution < -0.4 is 0 Å². The van der Waals surface area contributed by atoms with Gasteiger partial charge in [-0.3, -0.25) is 9.78 Å². The molecule has 0 aliphatic carbocycles. The maximum Gasteiger partial charge on any atom is 0.256 e. The van der Waals surface area contributed by atoms with Crippen molar-refractivity contribution in [2.24, 2.45) is 0 Å². The summed E-state index contributed by atoms with van der Waals surface area (Å²) in [7, 11) is 0. The minimum Gasteiger partial charge on any atom is -0.395 e. The standard InChI is InChI=1S/C20H20N2O2S/c1-15-19(18(9-10-21-15)16-6-3-2-4-7-16)20(24)22(11-12-23)14-17-8-5-13-25-17/h2-10,13,23H,11-12,14H2,1H3. The molecule has 3 aromatic rings. The molecule has 0 spiro atoms. The van der Waals surface area contributed by atoms with Crippen LogP contribution in [0, 0.1) is 6.92 Å². The first-order valence-corrected chi connectivity index (χ1v) is 9.02. The van der Waals surface area contributed by atoms with Gasteiger partial charge in [0.1, 0.15) is 0 Å². The van der Waals surface area contributed by atoms with Crippen LogP contribution in [0.5, 0.6) is 0 Å². The molecule has 25 heavy (non-hydrogen) atoms. The van der Waals surface area contributed by atoms with E-state index in [0.29, 0.717) is 24.3 Å². The topological polar surface area (TPSA) is 53.4 Å². The van der Waals surface area contributed by atoms with E-state index in [1.165, 1.54) is 0 Å². The Labute approximate surface area is 151 Å². The van der Waals surface area contributed by atoms with E-state index in [4.69, 9.17) is 0 Å². The van der Waals surface area contributed by atoms with Crippen molar-refractivity contribution in [3.05, 3.63) is 76.2 Å². The number of nitrogens with zero attached hydrogens (tertiary/aromatic N) is 2. The average molecular weight is 352 g/mol. The highest BCUT2D eigenvalue weighted by Gasteiger charge is 2.22. The van der Waals surface area contributed by atoms with Crippen molar-refractivity contribution in [1.82, 2.24) is 9.88 Å². The number of carbonyl (C=O) groups is 1. The molecule has 0 saturated carbocycles. The Morgan fingerprint density at radius 1 is 1.16 bits per heavy atom. The molecule has 5 heteroatoms.